The number of hydrogen-bond acceptors (Lipinski definition) is 4. The molecule has 0 fully saturated rings. The van der Waals surface area contributed by atoms with Crippen molar-refractivity contribution in [1.82, 2.24) is 0 Å². The highest BCUT2D eigenvalue weighted by Gasteiger charge is 2.12. The molecule has 0 bridgehead atoms. The van der Waals surface area contributed by atoms with Gasteiger partial charge in [0.05, 0.1) is 15.5 Å². The van der Waals surface area contributed by atoms with Crippen molar-refractivity contribution in [2.45, 2.75) is 0 Å². The largest absolute Gasteiger partial charge is 0.269 e. The Balaban J connectivity index is 2.45. The van der Waals surface area contributed by atoms with E-state index in [1.807, 2.05) is 11.4 Å². The third-order valence-corrected chi connectivity index (χ3v) is 3.72. The van der Waals surface area contributed by atoms with Gasteiger partial charge < -0.3 is 0 Å². The second-order valence-corrected chi connectivity index (χ2v) is 4.91. The first kappa shape index (κ1) is 13.3. The maximum Gasteiger partial charge on any atom is 0.269 e. The van der Waals surface area contributed by atoms with E-state index in [0.29, 0.717) is 16.2 Å². The maximum atomic E-state index is 10.6. The highest BCUT2D eigenvalue weighted by molar-refractivity contribution is 7.11. The minimum Gasteiger partial charge on any atom is -0.258 e. The fourth-order valence-electron chi connectivity index (χ4n) is 1.51. The van der Waals surface area contributed by atoms with Gasteiger partial charge in [-0.2, -0.15) is 5.26 Å². The predicted octanol–water partition coefficient (Wildman–Crippen LogP) is 4.29. The van der Waals surface area contributed by atoms with E-state index >= 15 is 0 Å². The first-order chi connectivity index (χ1) is 9.13. The third kappa shape index (κ3) is 2.81. The van der Waals surface area contributed by atoms with Gasteiger partial charge in [-0.25, -0.2) is 0 Å². The second-order valence-electron chi connectivity index (χ2n) is 3.58. The molecule has 1 heterocycles. The molecule has 0 aliphatic carbocycles. The number of nitriles is 1. The molecule has 19 heavy (non-hydrogen) atoms. The molecule has 0 saturated carbocycles. The number of halogens is 1. The van der Waals surface area contributed by atoms with Crippen LogP contribution in [0.2, 0.25) is 0 Å². The van der Waals surface area contributed by atoms with E-state index in [-0.39, 0.29) is 5.69 Å². The van der Waals surface area contributed by atoms with E-state index in [1.165, 1.54) is 35.6 Å². The molecule has 0 saturated heterocycles. The molecular formula is C13H7ClN2O2S. The van der Waals surface area contributed by atoms with Crippen LogP contribution in [0.1, 0.15) is 10.4 Å². The topological polar surface area (TPSA) is 66.9 Å². The van der Waals surface area contributed by atoms with E-state index in [0.717, 1.165) is 4.88 Å². The second kappa shape index (κ2) is 5.65. The molecule has 6 heteroatoms. The Hall–Kier alpha value is -2.16. The van der Waals surface area contributed by atoms with Gasteiger partial charge in [-0.05, 0) is 29.1 Å². The monoisotopic (exact) mass is 290 g/mol. The van der Waals surface area contributed by atoms with Crippen LogP contribution in [-0.2, 0) is 0 Å². The Bertz CT molecular complexity index is 670. The third-order valence-electron chi connectivity index (χ3n) is 2.43. The van der Waals surface area contributed by atoms with E-state index in [2.05, 4.69) is 6.07 Å². The fraction of sp³-hybridized carbons (Fsp3) is 0. The van der Waals surface area contributed by atoms with Gasteiger partial charge in [0.2, 0.25) is 0 Å². The summed E-state index contributed by atoms with van der Waals surface area (Å²) in [5.41, 5.74) is 0.936. The average Bonchev–Trinajstić information content (AvgIpc) is 2.93. The quantitative estimate of drug-likeness (QED) is 0.481. The number of nitrogens with zero attached hydrogens (tertiary/aromatic N) is 2. The van der Waals surface area contributed by atoms with Crippen LogP contribution in [0.5, 0.6) is 0 Å². The molecule has 0 spiro atoms. The van der Waals surface area contributed by atoms with Crippen molar-refractivity contribution in [2.24, 2.45) is 0 Å². The van der Waals surface area contributed by atoms with Gasteiger partial charge in [0.15, 0.2) is 0 Å². The summed E-state index contributed by atoms with van der Waals surface area (Å²) in [7, 11) is 0. The Morgan fingerprint density at radius 3 is 2.47 bits per heavy atom. The normalized spacial score (nSPS) is 11.6. The van der Waals surface area contributed by atoms with Gasteiger partial charge in [0, 0.05) is 17.0 Å². The zero-order valence-electron chi connectivity index (χ0n) is 9.54. The van der Waals surface area contributed by atoms with E-state index < -0.39 is 4.92 Å². The summed E-state index contributed by atoms with van der Waals surface area (Å²) in [5.74, 6) is 0. The fourth-order valence-corrected chi connectivity index (χ4v) is 2.56. The molecule has 2 rings (SSSR count). The van der Waals surface area contributed by atoms with Crippen molar-refractivity contribution < 1.29 is 4.92 Å². The van der Waals surface area contributed by atoms with Gasteiger partial charge in [0.25, 0.3) is 5.69 Å². The lowest BCUT2D eigenvalue weighted by Gasteiger charge is -2.02. The van der Waals surface area contributed by atoms with Crippen molar-refractivity contribution in [2.75, 3.05) is 0 Å². The highest BCUT2D eigenvalue weighted by atomic mass is 35.5. The van der Waals surface area contributed by atoms with Gasteiger partial charge >= 0.3 is 0 Å². The molecule has 0 amide bonds. The molecule has 0 atom stereocenters. The lowest BCUT2D eigenvalue weighted by Crippen LogP contribution is -1.88. The Labute approximate surface area is 118 Å². The van der Waals surface area contributed by atoms with E-state index in [9.17, 15) is 15.4 Å². The van der Waals surface area contributed by atoms with Gasteiger partial charge in [-0.1, -0.05) is 17.7 Å². The minimum atomic E-state index is -0.480. The zero-order chi connectivity index (χ0) is 13.8. The predicted molar refractivity (Wildman–Crippen MR) is 75.7 cm³/mol. The van der Waals surface area contributed by atoms with Crippen molar-refractivity contribution in [1.29, 1.82) is 5.26 Å². The maximum absolute atomic E-state index is 10.6. The summed E-state index contributed by atoms with van der Waals surface area (Å²) < 4.78 is 0. The number of thiophene rings is 1. The molecular weight excluding hydrogens is 284 g/mol. The molecule has 0 N–H and O–H groups in total. The van der Waals surface area contributed by atoms with Crippen molar-refractivity contribution in [3.8, 4) is 6.07 Å². The van der Waals surface area contributed by atoms with Crippen LogP contribution in [0.3, 0.4) is 0 Å². The van der Waals surface area contributed by atoms with Gasteiger partial charge in [-0.15, -0.1) is 11.3 Å². The number of nitro groups is 1. The average molecular weight is 291 g/mol. The molecule has 0 unspecified atom stereocenters. The molecule has 4 nitrogen and oxygen atoms in total. The van der Waals surface area contributed by atoms with Crippen LogP contribution in [0.25, 0.3) is 10.6 Å². The Morgan fingerprint density at radius 1 is 1.32 bits per heavy atom. The number of benzene rings is 1. The van der Waals surface area contributed by atoms with Crippen LogP contribution in [0.4, 0.5) is 5.69 Å². The summed E-state index contributed by atoms with van der Waals surface area (Å²) in [6.07, 6.45) is 0. The Kier molecular flexibility index (Phi) is 3.95. The number of hydrogen-bond donors (Lipinski definition) is 0. The van der Waals surface area contributed by atoms with Crippen molar-refractivity contribution in [3.63, 3.8) is 0 Å². The first-order valence-corrected chi connectivity index (χ1v) is 6.48. The molecule has 0 aliphatic heterocycles. The number of allylic oxidation sites excluding steroid dienone is 1. The minimum absolute atomic E-state index is 0.0113. The molecule has 1 aromatic heterocycles. The summed E-state index contributed by atoms with van der Waals surface area (Å²) in [6, 6.07) is 11.5. The van der Waals surface area contributed by atoms with Crippen LogP contribution in [-0.4, -0.2) is 4.92 Å². The first-order valence-electron chi connectivity index (χ1n) is 5.22. The van der Waals surface area contributed by atoms with Gasteiger partial charge in [-0.3, -0.25) is 10.1 Å². The smallest absolute Gasteiger partial charge is 0.258 e. The number of non-ortho nitro benzene ring substituents is 1. The standard InChI is InChI=1S/C13H7ClN2O2S/c14-13(11(8-15)12-2-1-7-19-12)9-3-5-10(6-4-9)16(17)18/h1-7H. The van der Waals surface area contributed by atoms with E-state index in [4.69, 9.17) is 11.6 Å². The van der Waals surface area contributed by atoms with Crippen molar-refractivity contribution in [3.05, 3.63) is 62.3 Å². The zero-order valence-corrected chi connectivity index (χ0v) is 11.1. The molecule has 94 valence electrons. The van der Waals surface area contributed by atoms with Crippen LogP contribution in [0.15, 0.2) is 41.8 Å². The summed E-state index contributed by atoms with van der Waals surface area (Å²) in [5, 5.41) is 21.9. The number of rotatable bonds is 3. The van der Waals surface area contributed by atoms with Crippen LogP contribution >= 0.6 is 22.9 Å². The summed E-state index contributed by atoms with van der Waals surface area (Å²) in [6.45, 7) is 0. The lowest BCUT2D eigenvalue weighted by atomic mass is 10.1. The van der Waals surface area contributed by atoms with Crippen LogP contribution < -0.4 is 0 Å². The lowest BCUT2D eigenvalue weighted by molar-refractivity contribution is -0.384. The SMILES string of the molecule is N#CC(=C(Cl)c1ccc([N+](=O)[O-])cc1)c1cccs1. The number of nitro benzene ring substituents is 1. The molecule has 2 aromatic rings. The summed E-state index contributed by atoms with van der Waals surface area (Å²) >= 11 is 7.60. The highest BCUT2D eigenvalue weighted by Crippen LogP contribution is 2.32. The van der Waals surface area contributed by atoms with Crippen LogP contribution in [0, 0.1) is 21.4 Å². The van der Waals surface area contributed by atoms with Gasteiger partial charge in [0.1, 0.15) is 6.07 Å². The molecule has 0 aliphatic rings. The van der Waals surface area contributed by atoms with Crippen molar-refractivity contribution >= 4 is 39.2 Å². The molecule has 0 radical (unpaired) electrons. The summed E-state index contributed by atoms with van der Waals surface area (Å²) in [4.78, 5) is 10.9. The Morgan fingerprint density at radius 2 is 2.00 bits per heavy atom. The van der Waals surface area contributed by atoms with E-state index in [1.54, 1.807) is 6.07 Å². The molecule has 1 aromatic carbocycles.